The molecule has 1 saturated heterocycles. The first-order chi connectivity index (χ1) is 9.74. The summed E-state index contributed by atoms with van der Waals surface area (Å²) in [5.74, 6) is 1.34. The summed E-state index contributed by atoms with van der Waals surface area (Å²) in [5, 5.41) is 3.22. The molecular weight excluding hydrogens is 254 g/mol. The molecule has 0 aromatic carbocycles. The van der Waals surface area contributed by atoms with E-state index >= 15 is 0 Å². The minimum atomic E-state index is 0.426. The lowest BCUT2D eigenvalue weighted by atomic mass is 10.2. The van der Waals surface area contributed by atoms with Crippen LogP contribution in [0.2, 0.25) is 0 Å². The van der Waals surface area contributed by atoms with Gasteiger partial charge in [-0.15, -0.1) is 0 Å². The standard InChI is InChI=1S/C14H25N5O/c1-4-8-15-12-16-13(19-9-6-7-11(19)3)18-14(17-12)20-10-5-2/h11H,4-10H2,1-3H3,(H,15,16,17,18). The zero-order valence-electron chi connectivity index (χ0n) is 12.7. The van der Waals surface area contributed by atoms with E-state index < -0.39 is 0 Å². The molecule has 1 aliphatic heterocycles. The van der Waals surface area contributed by atoms with Gasteiger partial charge in [0.05, 0.1) is 6.61 Å². The van der Waals surface area contributed by atoms with E-state index in [2.05, 4.69) is 45.9 Å². The minimum Gasteiger partial charge on any atom is -0.463 e. The van der Waals surface area contributed by atoms with Crippen LogP contribution < -0.4 is 15.0 Å². The van der Waals surface area contributed by atoms with Gasteiger partial charge in [-0.25, -0.2) is 0 Å². The molecule has 1 aliphatic rings. The largest absolute Gasteiger partial charge is 0.463 e. The number of nitrogens with zero attached hydrogens (tertiary/aromatic N) is 4. The van der Waals surface area contributed by atoms with E-state index in [1.54, 1.807) is 0 Å². The maximum atomic E-state index is 5.58. The van der Waals surface area contributed by atoms with Crippen LogP contribution >= 0.6 is 0 Å². The van der Waals surface area contributed by atoms with Crippen LogP contribution in [-0.2, 0) is 0 Å². The maximum absolute atomic E-state index is 5.58. The van der Waals surface area contributed by atoms with Crippen molar-refractivity contribution in [3.8, 4) is 6.01 Å². The molecule has 0 radical (unpaired) electrons. The molecule has 0 saturated carbocycles. The number of hydrogen-bond donors (Lipinski definition) is 1. The maximum Gasteiger partial charge on any atom is 0.323 e. The number of nitrogens with one attached hydrogen (secondary N) is 1. The quantitative estimate of drug-likeness (QED) is 0.827. The van der Waals surface area contributed by atoms with Crippen molar-refractivity contribution in [1.82, 2.24) is 15.0 Å². The monoisotopic (exact) mass is 279 g/mol. The Bertz CT molecular complexity index is 400. The van der Waals surface area contributed by atoms with Crippen molar-refractivity contribution in [2.45, 2.75) is 52.5 Å². The van der Waals surface area contributed by atoms with Gasteiger partial charge in [0.15, 0.2) is 0 Å². The molecule has 1 aromatic rings. The molecule has 112 valence electrons. The van der Waals surface area contributed by atoms with Crippen molar-refractivity contribution in [2.24, 2.45) is 0 Å². The molecule has 0 amide bonds. The molecule has 0 bridgehead atoms. The van der Waals surface area contributed by atoms with E-state index in [0.29, 0.717) is 24.6 Å². The van der Waals surface area contributed by atoms with Gasteiger partial charge in [0.25, 0.3) is 0 Å². The van der Waals surface area contributed by atoms with Gasteiger partial charge in [-0.1, -0.05) is 13.8 Å². The zero-order chi connectivity index (χ0) is 14.4. The third-order valence-electron chi connectivity index (χ3n) is 3.38. The van der Waals surface area contributed by atoms with Crippen molar-refractivity contribution in [1.29, 1.82) is 0 Å². The van der Waals surface area contributed by atoms with Gasteiger partial charge < -0.3 is 15.0 Å². The fourth-order valence-corrected chi connectivity index (χ4v) is 2.28. The number of hydrogen-bond acceptors (Lipinski definition) is 6. The highest BCUT2D eigenvalue weighted by atomic mass is 16.5. The molecule has 1 fully saturated rings. The van der Waals surface area contributed by atoms with Crippen LogP contribution in [0.5, 0.6) is 6.01 Å². The fraction of sp³-hybridized carbons (Fsp3) is 0.786. The van der Waals surface area contributed by atoms with Crippen LogP contribution in [0.3, 0.4) is 0 Å². The first kappa shape index (κ1) is 14.8. The summed E-state index contributed by atoms with van der Waals surface area (Å²) in [7, 11) is 0. The van der Waals surface area contributed by atoms with Crippen molar-refractivity contribution in [2.75, 3.05) is 29.9 Å². The zero-order valence-corrected chi connectivity index (χ0v) is 12.7. The molecule has 1 N–H and O–H groups in total. The average molecular weight is 279 g/mol. The highest BCUT2D eigenvalue weighted by molar-refractivity contribution is 5.40. The van der Waals surface area contributed by atoms with E-state index in [-0.39, 0.29) is 0 Å². The topological polar surface area (TPSA) is 63.2 Å². The summed E-state index contributed by atoms with van der Waals surface area (Å²) in [5.41, 5.74) is 0. The number of anilines is 2. The Labute approximate surface area is 121 Å². The van der Waals surface area contributed by atoms with Gasteiger partial charge in [0, 0.05) is 19.1 Å². The first-order valence-electron chi connectivity index (χ1n) is 7.64. The highest BCUT2D eigenvalue weighted by Crippen LogP contribution is 2.24. The van der Waals surface area contributed by atoms with Crippen LogP contribution in [0, 0.1) is 0 Å². The SMILES string of the molecule is CCCNc1nc(OCCC)nc(N2CCCC2C)n1. The Balaban J connectivity index is 2.19. The Morgan fingerprint density at radius 2 is 2.10 bits per heavy atom. The lowest BCUT2D eigenvalue weighted by Gasteiger charge is -2.22. The van der Waals surface area contributed by atoms with E-state index in [1.807, 2.05) is 0 Å². The van der Waals surface area contributed by atoms with Gasteiger partial charge in [0.1, 0.15) is 0 Å². The second-order valence-corrected chi connectivity index (χ2v) is 5.20. The summed E-state index contributed by atoms with van der Waals surface area (Å²) < 4.78 is 5.58. The third-order valence-corrected chi connectivity index (χ3v) is 3.38. The summed E-state index contributed by atoms with van der Waals surface area (Å²) >= 11 is 0. The van der Waals surface area contributed by atoms with E-state index in [0.717, 1.165) is 31.9 Å². The van der Waals surface area contributed by atoms with Gasteiger partial charge in [-0.05, 0) is 32.6 Å². The van der Waals surface area contributed by atoms with Crippen LogP contribution in [0.1, 0.15) is 46.5 Å². The highest BCUT2D eigenvalue weighted by Gasteiger charge is 2.24. The average Bonchev–Trinajstić information content (AvgIpc) is 2.89. The predicted molar refractivity (Wildman–Crippen MR) is 80.4 cm³/mol. The van der Waals surface area contributed by atoms with Crippen molar-refractivity contribution in [3.05, 3.63) is 0 Å². The minimum absolute atomic E-state index is 0.426. The van der Waals surface area contributed by atoms with Crippen LogP contribution in [0.4, 0.5) is 11.9 Å². The van der Waals surface area contributed by atoms with Crippen molar-refractivity contribution in [3.63, 3.8) is 0 Å². The molecule has 1 aromatic heterocycles. The molecule has 0 aliphatic carbocycles. The van der Waals surface area contributed by atoms with Gasteiger partial charge in [-0.3, -0.25) is 0 Å². The van der Waals surface area contributed by atoms with Crippen molar-refractivity contribution < 1.29 is 4.74 Å². The Kier molecular flexibility index (Phi) is 5.38. The predicted octanol–water partition coefficient (Wildman–Crippen LogP) is 2.47. The smallest absolute Gasteiger partial charge is 0.323 e. The van der Waals surface area contributed by atoms with Gasteiger partial charge in [-0.2, -0.15) is 15.0 Å². The number of aromatic nitrogens is 3. The lowest BCUT2D eigenvalue weighted by Crippen LogP contribution is -2.29. The molecule has 20 heavy (non-hydrogen) atoms. The lowest BCUT2D eigenvalue weighted by molar-refractivity contribution is 0.291. The Morgan fingerprint density at radius 3 is 2.75 bits per heavy atom. The summed E-state index contributed by atoms with van der Waals surface area (Å²) in [6.45, 7) is 8.89. The fourth-order valence-electron chi connectivity index (χ4n) is 2.28. The molecule has 0 spiro atoms. The number of rotatable bonds is 7. The third kappa shape index (κ3) is 3.71. The van der Waals surface area contributed by atoms with Crippen LogP contribution in [-0.4, -0.2) is 40.7 Å². The van der Waals surface area contributed by atoms with E-state index in [9.17, 15) is 0 Å². The molecule has 2 rings (SSSR count). The molecule has 6 heteroatoms. The van der Waals surface area contributed by atoms with Gasteiger partial charge in [0.2, 0.25) is 11.9 Å². The molecule has 1 atom stereocenters. The second-order valence-electron chi connectivity index (χ2n) is 5.20. The Hall–Kier alpha value is -1.59. The van der Waals surface area contributed by atoms with Crippen LogP contribution in [0.25, 0.3) is 0 Å². The summed E-state index contributed by atoms with van der Waals surface area (Å²) in [6.07, 6.45) is 4.36. The molecular formula is C14H25N5O. The summed E-state index contributed by atoms with van der Waals surface area (Å²) in [4.78, 5) is 15.5. The molecule has 6 nitrogen and oxygen atoms in total. The first-order valence-corrected chi connectivity index (χ1v) is 7.64. The molecule has 1 unspecified atom stereocenters. The second kappa shape index (κ2) is 7.26. The van der Waals surface area contributed by atoms with Crippen molar-refractivity contribution >= 4 is 11.9 Å². The van der Waals surface area contributed by atoms with E-state index in [1.165, 1.54) is 12.8 Å². The van der Waals surface area contributed by atoms with E-state index in [4.69, 9.17) is 4.74 Å². The molecule has 2 heterocycles. The Morgan fingerprint density at radius 1 is 1.25 bits per heavy atom. The normalized spacial score (nSPS) is 18.4. The van der Waals surface area contributed by atoms with Gasteiger partial charge >= 0.3 is 6.01 Å². The van der Waals surface area contributed by atoms with Crippen LogP contribution in [0.15, 0.2) is 0 Å². The number of ether oxygens (including phenoxy) is 1. The summed E-state index contributed by atoms with van der Waals surface area (Å²) in [6, 6.07) is 0.907.